The molecule has 0 aliphatic heterocycles. The van der Waals surface area contributed by atoms with E-state index in [1.807, 2.05) is 18.2 Å². The molecule has 3 rings (SSSR count). The number of Topliss-reactive ketones (excluding diaryl/α,β-unsaturated/α-hetero) is 1. The van der Waals surface area contributed by atoms with Crippen LogP contribution in [0.5, 0.6) is 0 Å². The van der Waals surface area contributed by atoms with Crippen molar-refractivity contribution in [2.45, 2.75) is 16.8 Å². The lowest BCUT2D eigenvalue weighted by molar-refractivity contribution is 0.101. The van der Waals surface area contributed by atoms with Crippen LogP contribution in [0.3, 0.4) is 0 Å². The monoisotopic (exact) mass is 268 g/mol. The van der Waals surface area contributed by atoms with E-state index >= 15 is 0 Å². The Morgan fingerprint density at radius 2 is 2.05 bits per heavy atom. The van der Waals surface area contributed by atoms with Crippen LogP contribution in [0.25, 0.3) is 10.9 Å². The summed E-state index contributed by atoms with van der Waals surface area (Å²) in [4.78, 5) is 19.7. The summed E-state index contributed by atoms with van der Waals surface area (Å²) in [6, 6.07) is 13.9. The Morgan fingerprint density at radius 3 is 2.74 bits per heavy atom. The van der Waals surface area contributed by atoms with Gasteiger partial charge in [-0.25, -0.2) is 0 Å². The molecule has 3 nitrogen and oxygen atoms in total. The van der Waals surface area contributed by atoms with E-state index in [1.165, 1.54) is 12.3 Å². The molecule has 1 N–H and O–H groups in total. The number of benzene rings is 1. The third kappa shape index (κ3) is 2.53. The minimum atomic E-state index is -0.0119. The fraction of sp³-hybridized carbons (Fsp3) is 0.0667. The molecule has 4 heteroatoms. The van der Waals surface area contributed by atoms with Gasteiger partial charge in [0.2, 0.25) is 0 Å². The number of aromatic nitrogens is 2. The highest BCUT2D eigenvalue weighted by molar-refractivity contribution is 7.99. The quantitative estimate of drug-likeness (QED) is 0.732. The van der Waals surface area contributed by atoms with E-state index in [2.05, 4.69) is 28.2 Å². The molecule has 0 unspecified atom stereocenters. The molecular formula is C15H12N2OS. The fourth-order valence-electron chi connectivity index (χ4n) is 1.88. The maximum absolute atomic E-state index is 11.2. The standard InChI is InChI=1S/C15H12N2OS/c1-10(18)13-7-6-12(9-16-13)19-15-8-11-4-2-3-5-14(11)17-15/h2-9,17H,1H3. The fourth-order valence-corrected chi connectivity index (χ4v) is 2.72. The SMILES string of the molecule is CC(=O)c1ccc(Sc2cc3ccccc3[nH]2)cn1. The van der Waals surface area contributed by atoms with Crippen LogP contribution >= 0.6 is 11.8 Å². The highest BCUT2D eigenvalue weighted by Crippen LogP contribution is 2.29. The second-order valence-electron chi connectivity index (χ2n) is 4.26. The van der Waals surface area contributed by atoms with Crippen LogP contribution in [0, 0.1) is 0 Å². The number of nitrogens with one attached hydrogen (secondary N) is 1. The van der Waals surface area contributed by atoms with Crippen molar-refractivity contribution in [1.29, 1.82) is 0 Å². The predicted molar refractivity (Wildman–Crippen MR) is 76.7 cm³/mol. The van der Waals surface area contributed by atoms with Gasteiger partial charge in [0.25, 0.3) is 0 Å². The third-order valence-electron chi connectivity index (χ3n) is 2.83. The van der Waals surface area contributed by atoms with E-state index in [9.17, 15) is 4.79 Å². The first-order chi connectivity index (χ1) is 9.22. The van der Waals surface area contributed by atoms with Crippen molar-refractivity contribution in [2.24, 2.45) is 0 Å². The van der Waals surface area contributed by atoms with Gasteiger partial charge in [-0.2, -0.15) is 0 Å². The highest BCUT2D eigenvalue weighted by atomic mass is 32.2. The third-order valence-corrected chi connectivity index (χ3v) is 3.75. The summed E-state index contributed by atoms with van der Waals surface area (Å²) in [7, 11) is 0. The van der Waals surface area contributed by atoms with Gasteiger partial charge in [-0.1, -0.05) is 30.0 Å². The van der Waals surface area contributed by atoms with Gasteiger partial charge in [-0.05, 0) is 24.3 Å². The van der Waals surface area contributed by atoms with E-state index in [0.717, 1.165) is 15.4 Å². The number of rotatable bonds is 3. The number of hydrogen-bond donors (Lipinski definition) is 1. The van der Waals surface area contributed by atoms with Crippen LogP contribution in [-0.2, 0) is 0 Å². The zero-order chi connectivity index (χ0) is 13.2. The summed E-state index contributed by atoms with van der Waals surface area (Å²) in [6.07, 6.45) is 1.73. The number of para-hydroxylation sites is 1. The molecule has 0 aliphatic rings. The lowest BCUT2D eigenvalue weighted by Gasteiger charge is -1.99. The number of nitrogens with zero attached hydrogens (tertiary/aromatic N) is 1. The van der Waals surface area contributed by atoms with Crippen molar-refractivity contribution in [3.05, 3.63) is 54.4 Å². The normalized spacial score (nSPS) is 10.8. The molecule has 0 aliphatic carbocycles. The largest absolute Gasteiger partial charge is 0.349 e. The number of aromatic amines is 1. The molecule has 0 saturated heterocycles. The Kier molecular flexibility index (Phi) is 3.09. The maximum Gasteiger partial charge on any atom is 0.178 e. The Bertz CT molecular complexity index is 698. The molecule has 1 aromatic carbocycles. The molecule has 0 atom stereocenters. The molecule has 0 radical (unpaired) electrons. The summed E-state index contributed by atoms with van der Waals surface area (Å²) in [5, 5.41) is 2.26. The second kappa shape index (κ2) is 4.90. The predicted octanol–water partition coefficient (Wildman–Crippen LogP) is 3.92. The molecule has 0 saturated carbocycles. The maximum atomic E-state index is 11.2. The van der Waals surface area contributed by atoms with Crippen LogP contribution < -0.4 is 0 Å². The summed E-state index contributed by atoms with van der Waals surface area (Å²) in [5.41, 5.74) is 1.62. The average molecular weight is 268 g/mol. The van der Waals surface area contributed by atoms with Gasteiger partial charge in [0.15, 0.2) is 5.78 Å². The highest BCUT2D eigenvalue weighted by Gasteiger charge is 2.04. The number of ketones is 1. The Balaban J connectivity index is 1.86. The molecule has 3 aromatic rings. The molecule has 0 amide bonds. The number of carbonyl (C=O) groups is 1. The first-order valence-electron chi connectivity index (χ1n) is 5.95. The number of hydrogen-bond acceptors (Lipinski definition) is 3. The average Bonchev–Trinajstić information content (AvgIpc) is 2.81. The van der Waals surface area contributed by atoms with Gasteiger partial charge in [-0.15, -0.1) is 0 Å². The van der Waals surface area contributed by atoms with Crippen molar-refractivity contribution >= 4 is 28.4 Å². The smallest absolute Gasteiger partial charge is 0.178 e. The molecule has 0 fully saturated rings. The van der Waals surface area contributed by atoms with E-state index in [-0.39, 0.29) is 5.78 Å². The van der Waals surface area contributed by atoms with E-state index < -0.39 is 0 Å². The first kappa shape index (κ1) is 12.0. The van der Waals surface area contributed by atoms with Gasteiger partial charge in [0, 0.05) is 28.9 Å². The minimum Gasteiger partial charge on any atom is -0.349 e. The Morgan fingerprint density at radius 1 is 1.21 bits per heavy atom. The number of fused-ring (bicyclic) bond motifs is 1. The van der Waals surface area contributed by atoms with Crippen LogP contribution in [-0.4, -0.2) is 15.8 Å². The first-order valence-corrected chi connectivity index (χ1v) is 6.76. The zero-order valence-electron chi connectivity index (χ0n) is 10.4. The van der Waals surface area contributed by atoms with Crippen LogP contribution in [0.15, 0.2) is 58.6 Å². The molecule has 2 heterocycles. The van der Waals surface area contributed by atoms with Crippen LogP contribution in [0.2, 0.25) is 0 Å². The van der Waals surface area contributed by atoms with E-state index in [1.54, 1.807) is 24.0 Å². The molecule has 94 valence electrons. The molecular weight excluding hydrogens is 256 g/mol. The van der Waals surface area contributed by atoms with Crippen LogP contribution in [0.1, 0.15) is 17.4 Å². The number of pyridine rings is 1. The lowest BCUT2D eigenvalue weighted by Crippen LogP contribution is -1.95. The second-order valence-corrected chi connectivity index (χ2v) is 5.37. The van der Waals surface area contributed by atoms with Crippen molar-refractivity contribution in [3.8, 4) is 0 Å². The van der Waals surface area contributed by atoms with Gasteiger partial charge in [0.1, 0.15) is 5.69 Å². The van der Waals surface area contributed by atoms with Gasteiger partial charge >= 0.3 is 0 Å². The summed E-state index contributed by atoms with van der Waals surface area (Å²) in [6.45, 7) is 1.52. The topological polar surface area (TPSA) is 45.8 Å². The Labute approximate surface area is 115 Å². The van der Waals surface area contributed by atoms with E-state index in [4.69, 9.17) is 0 Å². The summed E-state index contributed by atoms with van der Waals surface area (Å²) < 4.78 is 0. The lowest BCUT2D eigenvalue weighted by atomic mass is 10.3. The number of carbonyl (C=O) groups excluding carboxylic acids is 1. The van der Waals surface area contributed by atoms with Crippen molar-refractivity contribution in [3.63, 3.8) is 0 Å². The van der Waals surface area contributed by atoms with Gasteiger partial charge in [0.05, 0.1) is 5.03 Å². The number of H-pyrrole nitrogens is 1. The molecule has 0 bridgehead atoms. The minimum absolute atomic E-state index is 0.0119. The van der Waals surface area contributed by atoms with Gasteiger partial charge in [-0.3, -0.25) is 9.78 Å². The molecule has 0 spiro atoms. The van der Waals surface area contributed by atoms with Crippen molar-refractivity contribution < 1.29 is 4.79 Å². The Hall–Kier alpha value is -2.07. The van der Waals surface area contributed by atoms with Crippen molar-refractivity contribution in [1.82, 2.24) is 9.97 Å². The molecule has 19 heavy (non-hydrogen) atoms. The van der Waals surface area contributed by atoms with Crippen molar-refractivity contribution in [2.75, 3.05) is 0 Å². The van der Waals surface area contributed by atoms with E-state index in [0.29, 0.717) is 5.69 Å². The zero-order valence-corrected chi connectivity index (χ0v) is 11.2. The van der Waals surface area contributed by atoms with Crippen LogP contribution in [0.4, 0.5) is 0 Å². The molecule has 2 aromatic heterocycles. The van der Waals surface area contributed by atoms with Gasteiger partial charge < -0.3 is 4.98 Å². The summed E-state index contributed by atoms with van der Waals surface area (Å²) in [5.74, 6) is -0.0119. The summed E-state index contributed by atoms with van der Waals surface area (Å²) >= 11 is 1.60.